The number of carbonyl (C=O) groups is 1. The van der Waals surface area contributed by atoms with Crippen molar-refractivity contribution in [2.24, 2.45) is 0 Å². The number of aromatic nitrogens is 3. The molecular weight excluding hydrogens is 356 g/mol. The Balaban J connectivity index is 1.75. The molecule has 0 radical (unpaired) electrons. The molecule has 0 unspecified atom stereocenters. The van der Waals surface area contributed by atoms with Gasteiger partial charge in [0, 0.05) is 19.8 Å². The first kappa shape index (κ1) is 19.7. The average molecular weight is 382 g/mol. The number of carbonyl (C=O) groups excluding carboxylic acids is 1. The van der Waals surface area contributed by atoms with E-state index < -0.39 is 0 Å². The van der Waals surface area contributed by atoms with Gasteiger partial charge in [0.05, 0.1) is 17.8 Å². The summed E-state index contributed by atoms with van der Waals surface area (Å²) in [4.78, 5) is 14.5. The zero-order chi connectivity index (χ0) is 20.3. The van der Waals surface area contributed by atoms with Crippen molar-refractivity contribution in [1.29, 1.82) is 0 Å². The van der Waals surface area contributed by atoms with E-state index in [0.29, 0.717) is 17.9 Å². The minimum absolute atomic E-state index is 0.219. The van der Waals surface area contributed by atoms with Crippen LogP contribution in [0.15, 0.2) is 35.0 Å². The standard InChI is InChI=1S/C21H26N4O3/c1-6-25-11-10-17(22-25)12-24(5)21(26)19-18(16(4)28-23-19)13-27-20-14(2)8-7-9-15(20)3/h7-11H,6,12-13H2,1-5H3. The molecule has 2 aromatic heterocycles. The fraction of sp³-hybridized carbons (Fsp3) is 0.381. The average Bonchev–Trinajstić information content (AvgIpc) is 3.27. The van der Waals surface area contributed by atoms with Crippen LogP contribution in [0.3, 0.4) is 0 Å². The van der Waals surface area contributed by atoms with E-state index in [9.17, 15) is 4.79 Å². The molecule has 148 valence electrons. The highest BCUT2D eigenvalue weighted by atomic mass is 16.5. The smallest absolute Gasteiger partial charge is 0.276 e. The second-order valence-corrected chi connectivity index (χ2v) is 6.90. The number of amides is 1. The minimum Gasteiger partial charge on any atom is -0.488 e. The predicted molar refractivity (Wildman–Crippen MR) is 105 cm³/mol. The zero-order valence-corrected chi connectivity index (χ0v) is 17.0. The summed E-state index contributed by atoms with van der Waals surface area (Å²) in [6.45, 7) is 9.22. The second-order valence-electron chi connectivity index (χ2n) is 6.90. The van der Waals surface area contributed by atoms with E-state index in [1.54, 1.807) is 18.9 Å². The molecular formula is C21H26N4O3. The van der Waals surface area contributed by atoms with Crippen LogP contribution in [0.25, 0.3) is 0 Å². The third-order valence-corrected chi connectivity index (χ3v) is 4.72. The van der Waals surface area contributed by atoms with Gasteiger partial charge in [0.2, 0.25) is 0 Å². The molecule has 1 aromatic carbocycles. The van der Waals surface area contributed by atoms with E-state index in [0.717, 1.165) is 29.1 Å². The number of benzene rings is 1. The molecule has 0 atom stereocenters. The van der Waals surface area contributed by atoms with Gasteiger partial charge in [-0.1, -0.05) is 23.4 Å². The van der Waals surface area contributed by atoms with Crippen LogP contribution in [-0.2, 0) is 19.7 Å². The van der Waals surface area contributed by atoms with Crippen LogP contribution >= 0.6 is 0 Å². The molecule has 7 heteroatoms. The molecule has 28 heavy (non-hydrogen) atoms. The van der Waals surface area contributed by atoms with Crippen molar-refractivity contribution in [1.82, 2.24) is 19.8 Å². The van der Waals surface area contributed by atoms with Crippen molar-refractivity contribution in [3.8, 4) is 5.75 Å². The molecule has 0 saturated carbocycles. The lowest BCUT2D eigenvalue weighted by atomic mass is 10.1. The maximum absolute atomic E-state index is 12.9. The van der Waals surface area contributed by atoms with Crippen LogP contribution in [0.5, 0.6) is 5.75 Å². The Labute approximate surface area is 164 Å². The fourth-order valence-corrected chi connectivity index (χ4v) is 3.06. The van der Waals surface area contributed by atoms with Crippen LogP contribution in [0, 0.1) is 20.8 Å². The third-order valence-electron chi connectivity index (χ3n) is 4.72. The van der Waals surface area contributed by atoms with Gasteiger partial charge in [0.1, 0.15) is 18.1 Å². The zero-order valence-electron chi connectivity index (χ0n) is 17.0. The van der Waals surface area contributed by atoms with Gasteiger partial charge >= 0.3 is 0 Å². The van der Waals surface area contributed by atoms with Crippen molar-refractivity contribution in [3.63, 3.8) is 0 Å². The lowest BCUT2D eigenvalue weighted by Gasteiger charge is -2.16. The Morgan fingerprint density at radius 1 is 1.21 bits per heavy atom. The van der Waals surface area contributed by atoms with Gasteiger partial charge in [0.25, 0.3) is 5.91 Å². The van der Waals surface area contributed by atoms with E-state index in [1.807, 2.05) is 55.9 Å². The summed E-state index contributed by atoms with van der Waals surface area (Å²) in [5.41, 5.74) is 3.86. The van der Waals surface area contributed by atoms with E-state index in [4.69, 9.17) is 9.26 Å². The molecule has 3 rings (SSSR count). The molecule has 0 bridgehead atoms. The Bertz CT molecular complexity index is 954. The topological polar surface area (TPSA) is 73.4 Å². The Morgan fingerprint density at radius 2 is 1.93 bits per heavy atom. The monoisotopic (exact) mass is 382 g/mol. The molecule has 3 aromatic rings. The molecule has 7 nitrogen and oxygen atoms in total. The van der Waals surface area contributed by atoms with Gasteiger partial charge in [-0.3, -0.25) is 9.48 Å². The molecule has 0 aliphatic heterocycles. The van der Waals surface area contributed by atoms with Crippen LogP contribution in [0.2, 0.25) is 0 Å². The summed E-state index contributed by atoms with van der Waals surface area (Å²) >= 11 is 0. The van der Waals surface area contributed by atoms with Gasteiger partial charge in [-0.2, -0.15) is 5.10 Å². The first-order chi connectivity index (χ1) is 13.4. The highest BCUT2D eigenvalue weighted by Gasteiger charge is 2.24. The maximum atomic E-state index is 12.9. The first-order valence-electron chi connectivity index (χ1n) is 9.32. The molecule has 0 N–H and O–H groups in total. The van der Waals surface area contributed by atoms with Gasteiger partial charge in [-0.25, -0.2) is 0 Å². The van der Waals surface area contributed by atoms with Crippen molar-refractivity contribution >= 4 is 5.91 Å². The first-order valence-corrected chi connectivity index (χ1v) is 9.32. The van der Waals surface area contributed by atoms with Crippen LogP contribution in [0.4, 0.5) is 0 Å². The van der Waals surface area contributed by atoms with Crippen molar-refractivity contribution < 1.29 is 14.1 Å². The molecule has 0 fully saturated rings. The molecule has 1 amide bonds. The summed E-state index contributed by atoms with van der Waals surface area (Å²) in [6, 6.07) is 7.90. The van der Waals surface area contributed by atoms with E-state index in [1.165, 1.54) is 0 Å². The van der Waals surface area contributed by atoms with Crippen molar-refractivity contribution in [2.45, 2.75) is 47.4 Å². The van der Waals surface area contributed by atoms with Crippen molar-refractivity contribution in [2.75, 3.05) is 7.05 Å². The third kappa shape index (κ3) is 4.08. The van der Waals surface area contributed by atoms with Crippen LogP contribution < -0.4 is 4.74 Å². The number of hydrogen-bond acceptors (Lipinski definition) is 5. The van der Waals surface area contributed by atoms with Crippen LogP contribution in [-0.4, -0.2) is 32.8 Å². The van der Waals surface area contributed by atoms with Crippen LogP contribution in [0.1, 0.15) is 45.6 Å². The highest BCUT2D eigenvalue weighted by molar-refractivity contribution is 5.93. The Hall–Kier alpha value is -3.09. The number of hydrogen-bond donors (Lipinski definition) is 0. The largest absolute Gasteiger partial charge is 0.488 e. The molecule has 0 saturated heterocycles. The molecule has 0 aliphatic carbocycles. The van der Waals surface area contributed by atoms with Gasteiger partial charge in [-0.15, -0.1) is 0 Å². The second kappa shape index (κ2) is 8.29. The summed E-state index contributed by atoms with van der Waals surface area (Å²) < 4.78 is 13.1. The maximum Gasteiger partial charge on any atom is 0.276 e. The van der Waals surface area contributed by atoms with E-state index in [2.05, 4.69) is 10.3 Å². The summed E-state index contributed by atoms with van der Waals surface area (Å²) in [5, 5.41) is 8.41. The normalized spacial score (nSPS) is 10.9. The van der Waals surface area contributed by atoms with Gasteiger partial charge < -0.3 is 14.2 Å². The molecule has 0 aliphatic rings. The number of rotatable bonds is 7. The SMILES string of the molecule is CCn1ccc(CN(C)C(=O)c2noc(C)c2COc2c(C)cccc2C)n1. The quantitative estimate of drug-likeness (QED) is 0.623. The highest BCUT2D eigenvalue weighted by Crippen LogP contribution is 2.25. The van der Waals surface area contributed by atoms with E-state index >= 15 is 0 Å². The lowest BCUT2D eigenvalue weighted by Crippen LogP contribution is -2.28. The summed E-state index contributed by atoms with van der Waals surface area (Å²) in [7, 11) is 1.73. The number of ether oxygens (including phenoxy) is 1. The Morgan fingerprint density at radius 3 is 2.57 bits per heavy atom. The van der Waals surface area contributed by atoms with Crippen molar-refractivity contribution in [3.05, 3.63) is 64.3 Å². The molecule has 0 spiro atoms. The molecule has 2 heterocycles. The summed E-state index contributed by atoms with van der Waals surface area (Å²) in [6.07, 6.45) is 1.90. The predicted octanol–water partition coefficient (Wildman–Crippen LogP) is 3.67. The number of para-hydroxylation sites is 1. The fourth-order valence-electron chi connectivity index (χ4n) is 3.06. The minimum atomic E-state index is -0.219. The number of nitrogens with zero attached hydrogens (tertiary/aromatic N) is 4. The van der Waals surface area contributed by atoms with E-state index in [-0.39, 0.29) is 18.2 Å². The lowest BCUT2D eigenvalue weighted by molar-refractivity contribution is 0.0770. The number of aryl methyl sites for hydroxylation is 4. The van der Waals surface area contributed by atoms with Gasteiger partial charge in [0.15, 0.2) is 5.69 Å². The Kier molecular flexibility index (Phi) is 5.82. The summed E-state index contributed by atoms with van der Waals surface area (Å²) in [5.74, 6) is 1.18. The van der Waals surface area contributed by atoms with Gasteiger partial charge in [-0.05, 0) is 44.9 Å².